The molecule has 2 aromatic carbocycles. The number of carbonyl (C=O) groups is 1. The summed E-state index contributed by atoms with van der Waals surface area (Å²) >= 11 is 3.33. The summed E-state index contributed by atoms with van der Waals surface area (Å²) in [7, 11) is -3.94. The number of nitriles is 1. The van der Waals surface area contributed by atoms with E-state index in [0.717, 1.165) is 19.3 Å². The minimum Gasteiger partial charge on any atom is -0.339 e. The highest BCUT2D eigenvalue weighted by molar-refractivity contribution is 9.10. The third kappa shape index (κ3) is 4.49. The molecule has 6 nitrogen and oxygen atoms in total. The van der Waals surface area contributed by atoms with Gasteiger partial charge >= 0.3 is 0 Å². The second kappa shape index (κ2) is 8.11. The number of benzene rings is 2. The van der Waals surface area contributed by atoms with Crippen LogP contribution in [0.4, 0.5) is 5.69 Å². The van der Waals surface area contributed by atoms with Crippen molar-refractivity contribution in [3.05, 3.63) is 58.1 Å². The molecule has 1 heterocycles. The number of amides is 1. The first-order valence-electron chi connectivity index (χ1n) is 8.52. The maximum absolute atomic E-state index is 12.9. The first kappa shape index (κ1) is 19.4. The first-order valence-corrected chi connectivity index (χ1v) is 10.8. The van der Waals surface area contributed by atoms with Crippen molar-refractivity contribution in [2.75, 3.05) is 17.8 Å². The van der Waals surface area contributed by atoms with Gasteiger partial charge in [-0.1, -0.05) is 22.0 Å². The molecule has 0 bridgehead atoms. The van der Waals surface area contributed by atoms with E-state index in [-0.39, 0.29) is 22.1 Å². The number of hydrogen-bond acceptors (Lipinski definition) is 4. The van der Waals surface area contributed by atoms with Gasteiger partial charge in [-0.05, 0) is 55.7 Å². The summed E-state index contributed by atoms with van der Waals surface area (Å²) in [6.45, 7) is 1.34. The van der Waals surface area contributed by atoms with Gasteiger partial charge in [0.2, 0.25) is 0 Å². The minimum absolute atomic E-state index is 0.0297. The van der Waals surface area contributed by atoms with Crippen LogP contribution in [0.2, 0.25) is 0 Å². The Morgan fingerprint density at radius 1 is 1.11 bits per heavy atom. The first-order chi connectivity index (χ1) is 12.9. The fourth-order valence-corrected chi connectivity index (χ4v) is 4.47. The molecule has 1 amide bonds. The van der Waals surface area contributed by atoms with Crippen molar-refractivity contribution in [1.29, 1.82) is 5.26 Å². The second-order valence-corrected chi connectivity index (χ2v) is 8.89. The minimum atomic E-state index is -3.94. The van der Waals surface area contributed by atoms with Gasteiger partial charge < -0.3 is 4.90 Å². The molecule has 0 spiro atoms. The van der Waals surface area contributed by atoms with Gasteiger partial charge in [0.25, 0.3) is 15.9 Å². The van der Waals surface area contributed by atoms with E-state index in [4.69, 9.17) is 5.26 Å². The molecule has 0 atom stereocenters. The van der Waals surface area contributed by atoms with Crippen molar-refractivity contribution in [2.45, 2.75) is 24.2 Å². The summed E-state index contributed by atoms with van der Waals surface area (Å²) < 4.78 is 28.7. The summed E-state index contributed by atoms with van der Waals surface area (Å²) in [6.07, 6.45) is 2.99. The molecule has 140 valence electrons. The lowest BCUT2D eigenvalue weighted by Crippen LogP contribution is -2.36. The fraction of sp³-hybridized carbons (Fsp3) is 0.263. The topological polar surface area (TPSA) is 90.3 Å². The Morgan fingerprint density at radius 3 is 2.56 bits per heavy atom. The average Bonchev–Trinajstić information content (AvgIpc) is 2.68. The SMILES string of the molecule is N#Cc1cccc(S(=O)(=O)Nc2cc(Br)ccc2C(=O)N2CCCCC2)c1. The van der Waals surface area contributed by atoms with Crippen LogP contribution in [0.1, 0.15) is 35.2 Å². The Hall–Kier alpha value is -2.37. The highest BCUT2D eigenvalue weighted by atomic mass is 79.9. The van der Waals surface area contributed by atoms with Gasteiger partial charge in [-0.15, -0.1) is 0 Å². The van der Waals surface area contributed by atoms with Gasteiger partial charge in [-0.2, -0.15) is 5.26 Å². The van der Waals surface area contributed by atoms with Crippen LogP contribution < -0.4 is 4.72 Å². The van der Waals surface area contributed by atoms with Crippen LogP contribution in [-0.2, 0) is 10.0 Å². The molecule has 0 aliphatic carbocycles. The predicted octanol–water partition coefficient (Wildman–Crippen LogP) is 3.75. The molecule has 2 aromatic rings. The molecule has 1 N–H and O–H groups in total. The molecule has 8 heteroatoms. The van der Waals surface area contributed by atoms with Gasteiger partial charge in [0, 0.05) is 17.6 Å². The number of likely N-dealkylation sites (tertiary alicyclic amines) is 1. The molecule has 1 saturated heterocycles. The molecular formula is C19H18BrN3O3S. The van der Waals surface area contributed by atoms with Crippen molar-refractivity contribution < 1.29 is 13.2 Å². The van der Waals surface area contributed by atoms with E-state index in [2.05, 4.69) is 20.7 Å². The number of anilines is 1. The summed E-state index contributed by atoms with van der Waals surface area (Å²) in [5.41, 5.74) is 0.763. The van der Waals surface area contributed by atoms with Crippen LogP contribution in [0.5, 0.6) is 0 Å². The van der Waals surface area contributed by atoms with Crippen LogP contribution in [0.15, 0.2) is 51.8 Å². The summed E-state index contributed by atoms with van der Waals surface area (Å²) in [4.78, 5) is 14.6. The van der Waals surface area contributed by atoms with E-state index >= 15 is 0 Å². The van der Waals surface area contributed by atoms with Crippen LogP contribution in [0, 0.1) is 11.3 Å². The van der Waals surface area contributed by atoms with E-state index in [9.17, 15) is 13.2 Å². The Morgan fingerprint density at radius 2 is 1.85 bits per heavy atom. The number of halogens is 1. The Balaban J connectivity index is 1.95. The zero-order chi connectivity index (χ0) is 19.4. The lowest BCUT2D eigenvalue weighted by molar-refractivity contribution is 0.0725. The van der Waals surface area contributed by atoms with Crippen molar-refractivity contribution in [1.82, 2.24) is 4.90 Å². The zero-order valence-corrected chi connectivity index (χ0v) is 16.9. The van der Waals surface area contributed by atoms with Crippen molar-refractivity contribution in [3.63, 3.8) is 0 Å². The van der Waals surface area contributed by atoms with Gasteiger partial charge in [-0.25, -0.2) is 8.42 Å². The third-order valence-corrected chi connectivity index (χ3v) is 6.23. The number of nitrogens with zero attached hydrogens (tertiary/aromatic N) is 2. The molecule has 0 unspecified atom stereocenters. The Bertz CT molecular complexity index is 1010. The van der Waals surface area contributed by atoms with Crippen LogP contribution in [0.3, 0.4) is 0 Å². The molecule has 1 aliphatic heterocycles. The smallest absolute Gasteiger partial charge is 0.261 e. The molecule has 1 aliphatic rings. The standard InChI is InChI=1S/C19H18BrN3O3S/c20-15-7-8-17(19(24)23-9-2-1-3-10-23)18(12-15)22-27(25,26)16-6-4-5-14(11-16)13-21/h4-8,11-12,22H,1-3,9-10H2. The molecule has 3 rings (SSSR count). The van der Waals surface area contributed by atoms with E-state index < -0.39 is 10.0 Å². The molecule has 0 saturated carbocycles. The quantitative estimate of drug-likeness (QED) is 0.772. The number of carbonyl (C=O) groups excluding carboxylic acids is 1. The number of nitrogens with one attached hydrogen (secondary N) is 1. The summed E-state index contributed by atoms with van der Waals surface area (Å²) in [5.74, 6) is -0.189. The monoisotopic (exact) mass is 447 g/mol. The average molecular weight is 448 g/mol. The van der Waals surface area contributed by atoms with E-state index in [1.807, 2.05) is 6.07 Å². The van der Waals surface area contributed by atoms with Crippen molar-refractivity contribution >= 4 is 37.5 Å². The van der Waals surface area contributed by atoms with Crippen LogP contribution in [-0.4, -0.2) is 32.3 Å². The molecule has 1 fully saturated rings. The van der Waals surface area contributed by atoms with Crippen LogP contribution in [0.25, 0.3) is 0 Å². The van der Waals surface area contributed by atoms with Gasteiger partial charge in [0.05, 0.1) is 27.8 Å². The Kier molecular flexibility index (Phi) is 5.82. The highest BCUT2D eigenvalue weighted by Gasteiger charge is 2.24. The predicted molar refractivity (Wildman–Crippen MR) is 106 cm³/mol. The third-order valence-electron chi connectivity index (χ3n) is 4.37. The number of hydrogen-bond donors (Lipinski definition) is 1. The number of piperidine rings is 1. The van der Waals surface area contributed by atoms with Crippen molar-refractivity contribution in [2.24, 2.45) is 0 Å². The van der Waals surface area contributed by atoms with Crippen LogP contribution >= 0.6 is 15.9 Å². The lowest BCUT2D eigenvalue weighted by atomic mass is 10.1. The van der Waals surface area contributed by atoms with Gasteiger partial charge in [0.15, 0.2) is 0 Å². The van der Waals surface area contributed by atoms with Crippen molar-refractivity contribution in [3.8, 4) is 6.07 Å². The molecule has 0 radical (unpaired) electrons. The fourth-order valence-electron chi connectivity index (χ4n) is 2.99. The molecule has 0 aromatic heterocycles. The summed E-state index contributed by atoms with van der Waals surface area (Å²) in [5, 5.41) is 8.99. The van der Waals surface area contributed by atoms with E-state index in [1.165, 1.54) is 24.3 Å². The summed E-state index contributed by atoms with van der Waals surface area (Å²) in [6, 6.07) is 12.6. The largest absolute Gasteiger partial charge is 0.339 e. The Labute approximate surface area is 167 Å². The van der Waals surface area contributed by atoms with Gasteiger partial charge in [0.1, 0.15) is 0 Å². The van der Waals surface area contributed by atoms with Gasteiger partial charge in [-0.3, -0.25) is 9.52 Å². The second-order valence-electron chi connectivity index (χ2n) is 6.29. The number of sulfonamides is 1. The molecule has 27 heavy (non-hydrogen) atoms. The van der Waals surface area contributed by atoms with E-state index in [0.29, 0.717) is 23.1 Å². The number of rotatable bonds is 4. The lowest BCUT2D eigenvalue weighted by Gasteiger charge is -2.27. The normalized spacial score (nSPS) is 14.4. The van der Waals surface area contributed by atoms with E-state index in [1.54, 1.807) is 23.1 Å². The maximum atomic E-state index is 12.9. The maximum Gasteiger partial charge on any atom is 0.261 e. The molecular weight excluding hydrogens is 430 g/mol. The highest BCUT2D eigenvalue weighted by Crippen LogP contribution is 2.27. The zero-order valence-electron chi connectivity index (χ0n) is 14.5.